The fourth-order valence-electron chi connectivity index (χ4n) is 2.64. The summed E-state index contributed by atoms with van der Waals surface area (Å²) in [6.07, 6.45) is 1.47. The van der Waals surface area contributed by atoms with Crippen molar-refractivity contribution in [1.29, 1.82) is 0 Å². The van der Waals surface area contributed by atoms with E-state index in [1.165, 1.54) is 11.5 Å². The molecule has 0 bridgehead atoms. The summed E-state index contributed by atoms with van der Waals surface area (Å²) >= 11 is 1.38. The second-order valence-electron chi connectivity index (χ2n) is 6.13. The third kappa shape index (κ3) is 4.23. The summed E-state index contributed by atoms with van der Waals surface area (Å²) in [5, 5.41) is 4.27. The Morgan fingerprint density at radius 2 is 2.00 bits per heavy atom. The molecule has 1 N–H and O–H groups in total. The van der Waals surface area contributed by atoms with E-state index in [2.05, 4.69) is 14.7 Å². The molecule has 1 aromatic carbocycles. The molecule has 1 aromatic heterocycles. The Labute approximate surface area is 146 Å². The first-order chi connectivity index (χ1) is 11.6. The summed E-state index contributed by atoms with van der Waals surface area (Å²) in [5.41, 5.74) is 1.02. The number of piperidine rings is 1. The molecule has 1 aliphatic rings. The van der Waals surface area contributed by atoms with Crippen LogP contribution in [-0.2, 0) is 4.74 Å². The van der Waals surface area contributed by atoms with E-state index >= 15 is 0 Å². The van der Waals surface area contributed by atoms with Crippen LogP contribution in [-0.4, -0.2) is 45.6 Å². The highest BCUT2D eigenvalue weighted by atomic mass is 32.1. The highest BCUT2D eigenvalue weighted by Gasteiger charge is 2.24. The van der Waals surface area contributed by atoms with Crippen molar-refractivity contribution in [2.45, 2.75) is 38.8 Å². The number of carbonyl (C=O) groups is 1. The Hall–Kier alpha value is -2.15. The molecule has 0 saturated carbocycles. The summed E-state index contributed by atoms with van der Waals surface area (Å²) in [7, 11) is 0. The van der Waals surface area contributed by atoms with Crippen LogP contribution < -0.4 is 5.32 Å². The molecule has 0 aliphatic carbocycles. The number of rotatable bonds is 4. The maximum Gasteiger partial charge on any atom is 0.410 e. The molecule has 1 saturated heterocycles. The van der Waals surface area contributed by atoms with Crippen LogP contribution in [0.25, 0.3) is 11.4 Å². The Kier molecular flexibility index (Phi) is 5.30. The number of hydrogen-bond donors (Lipinski definition) is 1. The van der Waals surface area contributed by atoms with Crippen LogP contribution in [0.3, 0.4) is 0 Å². The van der Waals surface area contributed by atoms with Gasteiger partial charge in [-0.05, 0) is 26.7 Å². The molecule has 0 unspecified atom stereocenters. The maximum absolute atomic E-state index is 11.9. The van der Waals surface area contributed by atoms with Crippen molar-refractivity contribution in [2.24, 2.45) is 0 Å². The number of anilines is 1. The largest absolute Gasteiger partial charge is 0.447 e. The van der Waals surface area contributed by atoms with Gasteiger partial charge in [-0.15, -0.1) is 0 Å². The van der Waals surface area contributed by atoms with E-state index in [1.807, 2.05) is 44.2 Å². The first kappa shape index (κ1) is 16.7. The summed E-state index contributed by atoms with van der Waals surface area (Å²) in [5.74, 6) is 0.751. The molecule has 128 valence electrons. The van der Waals surface area contributed by atoms with Crippen LogP contribution in [0.2, 0.25) is 0 Å². The van der Waals surface area contributed by atoms with E-state index < -0.39 is 0 Å². The smallest absolute Gasteiger partial charge is 0.410 e. The van der Waals surface area contributed by atoms with Crippen molar-refractivity contribution in [3.8, 4) is 11.4 Å². The predicted molar refractivity (Wildman–Crippen MR) is 95.2 cm³/mol. The van der Waals surface area contributed by atoms with Crippen molar-refractivity contribution in [1.82, 2.24) is 14.3 Å². The molecule has 1 fully saturated rings. The lowest BCUT2D eigenvalue weighted by Gasteiger charge is -2.32. The molecular weight excluding hydrogens is 324 g/mol. The zero-order valence-electron chi connectivity index (χ0n) is 13.9. The summed E-state index contributed by atoms with van der Waals surface area (Å²) in [6, 6.07) is 10.3. The quantitative estimate of drug-likeness (QED) is 0.916. The number of nitrogens with one attached hydrogen (secondary N) is 1. The summed E-state index contributed by atoms with van der Waals surface area (Å²) in [4.78, 5) is 18.2. The molecule has 0 radical (unpaired) electrons. The van der Waals surface area contributed by atoms with Gasteiger partial charge in [-0.1, -0.05) is 30.3 Å². The normalized spacial score (nSPS) is 15.5. The molecule has 1 aliphatic heterocycles. The van der Waals surface area contributed by atoms with Crippen molar-refractivity contribution >= 4 is 22.8 Å². The molecule has 2 heterocycles. The average Bonchev–Trinajstić information content (AvgIpc) is 3.04. The number of ether oxygens (including phenoxy) is 1. The van der Waals surface area contributed by atoms with E-state index in [0.717, 1.165) is 29.4 Å². The van der Waals surface area contributed by atoms with Gasteiger partial charge in [-0.3, -0.25) is 0 Å². The van der Waals surface area contributed by atoms with E-state index in [4.69, 9.17) is 4.74 Å². The van der Waals surface area contributed by atoms with Crippen LogP contribution in [0.1, 0.15) is 26.7 Å². The number of carbonyl (C=O) groups excluding carboxylic acids is 1. The number of likely N-dealkylation sites (tertiary alicyclic amines) is 1. The summed E-state index contributed by atoms with van der Waals surface area (Å²) < 4.78 is 9.65. The number of nitrogens with zero attached hydrogens (tertiary/aromatic N) is 3. The third-order valence-electron chi connectivity index (χ3n) is 3.88. The Bertz CT molecular complexity index is 666. The van der Waals surface area contributed by atoms with Gasteiger partial charge >= 0.3 is 6.09 Å². The molecule has 0 atom stereocenters. The monoisotopic (exact) mass is 346 g/mol. The maximum atomic E-state index is 11.9. The Morgan fingerprint density at radius 1 is 1.29 bits per heavy atom. The number of amides is 1. The topological polar surface area (TPSA) is 67.3 Å². The first-order valence-electron chi connectivity index (χ1n) is 8.23. The second-order valence-corrected chi connectivity index (χ2v) is 6.88. The fraction of sp³-hybridized carbons (Fsp3) is 0.471. The molecule has 3 rings (SSSR count). The van der Waals surface area contributed by atoms with Crippen LogP contribution in [0.5, 0.6) is 0 Å². The minimum Gasteiger partial charge on any atom is -0.447 e. The van der Waals surface area contributed by atoms with Gasteiger partial charge in [-0.2, -0.15) is 9.36 Å². The van der Waals surface area contributed by atoms with E-state index in [9.17, 15) is 4.79 Å². The SMILES string of the molecule is CC(C)OC(=O)N1CCC(Nc2nc(-c3ccccc3)ns2)CC1. The van der Waals surface area contributed by atoms with E-state index in [0.29, 0.717) is 19.1 Å². The number of benzene rings is 1. The second kappa shape index (κ2) is 7.61. The Morgan fingerprint density at radius 3 is 2.67 bits per heavy atom. The van der Waals surface area contributed by atoms with Gasteiger partial charge in [0.05, 0.1) is 6.10 Å². The predicted octanol–water partition coefficient (Wildman–Crippen LogP) is 3.63. The molecule has 2 aromatic rings. The molecule has 24 heavy (non-hydrogen) atoms. The molecule has 6 nitrogen and oxygen atoms in total. The van der Waals surface area contributed by atoms with Crippen molar-refractivity contribution in [3.05, 3.63) is 30.3 Å². The lowest BCUT2D eigenvalue weighted by molar-refractivity contribution is 0.0701. The van der Waals surface area contributed by atoms with Crippen molar-refractivity contribution < 1.29 is 9.53 Å². The van der Waals surface area contributed by atoms with Crippen molar-refractivity contribution in [3.63, 3.8) is 0 Å². The van der Waals surface area contributed by atoms with Crippen LogP contribution in [0.4, 0.5) is 9.93 Å². The standard InChI is InChI=1S/C17H22N4O2S/c1-12(2)23-17(22)21-10-8-14(9-11-21)18-16-19-15(20-24-16)13-6-4-3-5-7-13/h3-7,12,14H,8-11H2,1-2H3,(H,18,19,20). The third-order valence-corrected chi connectivity index (χ3v) is 4.52. The van der Waals surface area contributed by atoms with Gasteiger partial charge in [-0.25, -0.2) is 4.79 Å². The van der Waals surface area contributed by atoms with E-state index in [1.54, 1.807) is 4.90 Å². The fourth-order valence-corrected chi connectivity index (χ4v) is 3.31. The zero-order valence-corrected chi connectivity index (χ0v) is 14.8. The summed E-state index contributed by atoms with van der Waals surface area (Å²) in [6.45, 7) is 5.14. The van der Waals surface area contributed by atoms with E-state index in [-0.39, 0.29) is 12.2 Å². The molecule has 1 amide bonds. The highest BCUT2D eigenvalue weighted by Crippen LogP contribution is 2.23. The number of aromatic nitrogens is 2. The van der Waals surface area contributed by atoms with Crippen molar-refractivity contribution in [2.75, 3.05) is 18.4 Å². The van der Waals surface area contributed by atoms with Crippen LogP contribution in [0.15, 0.2) is 30.3 Å². The van der Waals surface area contributed by atoms with Gasteiger partial charge in [0.1, 0.15) is 0 Å². The number of hydrogen-bond acceptors (Lipinski definition) is 6. The van der Waals surface area contributed by atoms with Gasteiger partial charge in [0.2, 0.25) is 5.13 Å². The highest BCUT2D eigenvalue weighted by molar-refractivity contribution is 7.09. The van der Waals surface area contributed by atoms with Gasteiger partial charge in [0, 0.05) is 36.2 Å². The lowest BCUT2D eigenvalue weighted by Crippen LogP contribution is -2.43. The zero-order chi connectivity index (χ0) is 16.9. The first-order valence-corrected chi connectivity index (χ1v) is 9.00. The minimum absolute atomic E-state index is 0.0776. The van der Waals surface area contributed by atoms with Gasteiger partial charge < -0.3 is 15.0 Å². The molecule has 0 spiro atoms. The molecular formula is C17H22N4O2S. The minimum atomic E-state index is -0.217. The van der Waals surface area contributed by atoms with Gasteiger partial charge in [0.25, 0.3) is 0 Å². The Balaban J connectivity index is 1.52. The average molecular weight is 346 g/mol. The lowest BCUT2D eigenvalue weighted by atomic mass is 10.1. The molecule has 7 heteroatoms. The van der Waals surface area contributed by atoms with Gasteiger partial charge in [0.15, 0.2) is 5.82 Å². The van der Waals surface area contributed by atoms with Crippen LogP contribution in [0, 0.1) is 0 Å². The van der Waals surface area contributed by atoms with Crippen LogP contribution >= 0.6 is 11.5 Å².